The van der Waals surface area contributed by atoms with Crippen molar-refractivity contribution in [1.82, 2.24) is 9.55 Å². The summed E-state index contributed by atoms with van der Waals surface area (Å²) in [5.41, 5.74) is 7.91. The van der Waals surface area contributed by atoms with Gasteiger partial charge in [0.15, 0.2) is 0 Å². The summed E-state index contributed by atoms with van der Waals surface area (Å²) in [4.78, 5) is 4.15. The number of rotatable bonds is 3. The van der Waals surface area contributed by atoms with Gasteiger partial charge in [-0.2, -0.15) is 0 Å². The predicted molar refractivity (Wildman–Crippen MR) is 53.2 cm³/mol. The summed E-state index contributed by atoms with van der Waals surface area (Å²) in [6, 6.07) is 0.694. The summed E-state index contributed by atoms with van der Waals surface area (Å²) >= 11 is 0. The maximum absolute atomic E-state index is 5.53. The van der Waals surface area contributed by atoms with Gasteiger partial charge in [0.05, 0.1) is 18.2 Å². The number of aromatic nitrogens is 2. The maximum Gasteiger partial charge on any atom is 0.0953 e. The van der Waals surface area contributed by atoms with E-state index in [0.717, 1.165) is 0 Å². The lowest BCUT2D eigenvalue weighted by molar-refractivity contribution is 0.733. The van der Waals surface area contributed by atoms with Gasteiger partial charge in [-0.1, -0.05) is 5.57 Å². The molecule has 0 aromatic carbocycles. The molecule has 1 saturated carbocycles. The van der Waals surface area contributed by atoms with Crippen molar-refractivity contribution in [2.75, 3.05) is 6.54 Å². The van der Waals surface area contributed by atoms with Crippen LogP contribution in [-0.2, 0) is 0 Å². The molecule has 1 aliphatic rings. The van der Waals surface area contributed by atoms with Crippen LogP contribution in [0.2, 0.25) is 0 Å². The molecule has 1 aromatic rings. The van der Waals surface area contributed by atoms with Crippen molar-refractivity contribution >= 4 is 6.08 Å². The smallest absolute Gasteiger partial charge is 0.0953 e. The molecule has 13 heavy (non-hydrogen) atoms. The fourth-order valence-electron chi connectivity index (χ4n) is 1.40. The van der Waals surface area contributed by atoms with Crippen LogP contribution in [-0.4, -0.2) is 16.1 Å². The topological polar surface area (TPSA) is 43.8 Å². The van der Waals surface area contributed by atoms with Crippen LogP contribution in [0.15, 0.2) is 18.1 Å². The second-order valence-electron chi connectivity index (χ2n) is 3.65. The second-order valence-corrected chi connectivity index (χ2v) is 3.65. The zero-order chi connectivity index (χ0) is 9.26. The van der Waals surface area contributed by atoms with E-state index in [0.29, 0.717) is 12.6 Å². The van der Waals surface area contributed by atoms with Gasteiger partial charge in [0.2, 0.25) is 0 Å². The summed E-state index contributed by atoms with van der Waals surface area (Å²) in [6.07, 6.45) is 8.51. The van der Waals surface area contributed by atoms with Crippen LogP contribution in [0, 0.1) is 0 Å². The fraction of sp³-hybridized carbons (Fsp3) is 0.500. The first-order valence-electron chi connectivity index (χ1n) is 4.70. The highest BCUT2D eigenvalue weighted by atomic mass is 15.1. The first-order valence-corrected chi connectivity index (χ1v) is 4.70. The summed E-state index contributed by atoms with van der Waals surface area (Å²) < 4.78 is 2.24. The van der Waals surface area contributed by atoms with Crippen LogP contribution in [0.5, 0.6) is 0 Å². The van der Waals surface area contributed by atoms with E-state index in [-0.39, 0.29) is 0 Å². The normalized spacial score (nSPS) is 17.8. The standard InChI is InChI=1S/C10H15N3/c1-8(5-11)4-10-6-12-7-13(10)9-2-3-9/h4,6-7,9H,2-3,5,11H2,1H3. The third kappa shape index (κ3) is 1.80. The van der Waals surface area contributed by atoms with E-state index >= 15 is 0 Å². The molecule has 0 radical (unpaired) electrons. The number of hydrogen-bond donors (Lipinski definition) is 1. The molecular formula is C10H15N3. The van der Waals surface area contributed by atoms with Gasteiger partial charge in [-0.3, -0.25) is 0 Å². The van der Waals surface area contributed by atoms with Gasteiger partial charge in [-0.25, -0.2) is 4.98 Å². The average Bonchev–Trinajstić information content (AvgIpc) is 2.88. The molecule has 0 aliphatic heterocycles. The summed E-state index contributed by atoms with van der Waals surface area (Å²) in [6.45, 7) is 2.67. The van der Waals surface area contributed by atoms with Gasteiger partial charge in [-0.05, 0) is 25.8 Å². The molecule has 0 unspecified atom stereocenters. The Hall–Kier alpha value is -1.09. The molecule has 0 spiro atoms. The van der Waals surface area contributed by atoms with Crippen LogP contribution >= 0.6 is 0 Å². The molecule has 0 saturated heterocycles. The predicted octanol–water partition coefficient (Wildman–Crippen LogP) is 1.58. The van der Waals surface area contributed by atoms with Crippen molar-refractivity contribution in [2.24, 2.45) is 5.73 Å². The SMILES string of the molecule is CC(=Cc1cncn1C1CC1)CN. The van der Waals surface area contributed by atoms with Gasteiger partial charge in [-0.15, -0.1) is 0 Å². The van der Waals surface area contributed by atoms with Crippen LogP contribution in [0.1, 0.15) is 31.5 Å². The lowest BCUT2D eigenvalue weighted by atomic mass is 10.2. The molecule has 1 aliphatic carbocycles. The van der Waals surface area contributed by atoms with E-state index in [4.69, 9.17) is 5.73 Å². The minimum absolute atomic E-state index is 0.621. The van der Waals surface area contributed by atoms with E-state index in [1.165, 1.54) is 24.1 Å². The summed E-state index contributed by atoms with van der Waals surface area (Å²) in [5, 5.41) is 0. The van der Waals surface area contributed by atoms with Crippen LogP contribution in [0.25, 0.3) is 6.08 Å². The van der Waals surface area contributed by atoms with E-state index in [2.05, 4.69) is 15.6 Å². The second kappa shape index (κ2) is 3.34. The van der Waals surface area contributed by atoms with Crippen LogP contribution < -0.4 is 5.73 Å². The molecule has 0 bridgehead atoms. The Morgan fingerprint density at radius 3 is 3.15 bits per heavy atom. The average molecular weight is 177 g/mol. The van der Waals surface area contributed by atoms with Crippen LogP contribution in [0.3, 0.4) is 0 Å². The Labute approximate surface area is 78.3 Å². The molecule has 0 amide bonds. The fourth-order valence-corrected chi connectivity index (χ4v) is 1.40. The summed E-state index contributed by atoms with van der Waals surface area (Å²) in [5.74, 6) is 0. The van der Waals surface area contributed by atoms with Gasteiger partial charge in [0.25, 0.3) is 0 Å². The number of nitrogens with zero attached hydrogens (tertiary/aromatic N) is 2. The molecular weight excluding hydrogens is 162 g/mol. The monoisotopic (exact) mass is 177 g/mol. The van der Waals surface area contributed by atoms with Crippen molar-refractivity contribution in [1.29, 1.82) is 0 Å². The van der Waals surface area contributed by atoms with Gasteiger partial charge in [0.1, 0.15) is 0 Å². The minimum Gasteiger partial charge on any atom is -0.328 e. The first-order chi connectivity index (χ1) is 6.31. The van der Waals surface area contributed by atoms with Gasteiger partial charge >= 0.3 is 0 Å². The Bertz CT molecular complexity index is 321. The Kier molecular flexibility index (Phi) is 2.19. The highest BCUT2D eigenvalue weighted by Gasteiger charge is 2.24. The highest BCUT2D eigenvalue weighted by molar-refractivity contribution is 5.48. The third-order valence-corrected chi connectivity index (χ3v) is 2.35. The van der Waals surface area contributed by atoms with Crippen molar-refractivity contribution < 1.29 is 0 Å². The molecule has 2 rings (SSSR count). The van der Waals surface area contributed by atoms with Crippen molar-refractivity contribution in [3.8, 4) is 0 Å². The largest absolute Gasteiger partial charge is 0.328 e. The molecule has 1 heterocycles. The van der Waals surface area contributed by atoms with Crippen LogP contribution in [0.4, 0.5) is 0 Å². The lowest BCUT2D eigenvalue weighted by Crippen LogP contribution is -2.01. The Morgan fingerprint density at radius 2 is 2.54 bits per heavy atom. The number of hydrogen-bond acceptors (Lipinski definition) is 2. The van der Waals surface area contributed by atoms with Gasteiger partial charge < -0.3 is 10.3 Å². The Balaban J connectivity index is 2.23. The molecule has 1 fully saturated rings. The van der Waals surface area contributed by atoms with E-state index in [9.17, 15) is 0 Å². The first kappa shape index (κ1) is 8.51. The molecule has 3 nitrogen and oxygen atoms in total. The molecule has 70 valence electrons. The molecule has 2 N–H and O–H groups in total. The molecule has 1 aromatic heterocycles. The van der Waals surface area contributed by atoms with Gasteiger partial charge in [0, 0.05) is 12.6 Å². The van der Waals surface area contributed by atoms with Crippen molar-refractivity contribution in [3.05, 3.63) is 23.8 Å². The quantitative estimate of drug-likeness (QED) is 0.761. The molecule has 0 atom stereocenters. The number of imidazole rings is 1. The lowest BCUT2D eigenvalue weighted by Gasteiger charge is -2.02. The zero-order valence-corrected chi connectivity index (χ0v) is 7.90. The Morgan fingerprint density at radius 1 is 1.77 bits per heavy atom. The molecule has 3 heteroatoms. The van der Waals surface area contributed by atoms with E-state index < -0.39 is 0 Å². The van der Waals surface area contributed by atoms with Crippen molar-refractivity contribution in [2.45, 2.75) is 25.8 Å². The zero-order valence-electron chi connectivity index (χ0n) is 7.90. The van der Waals surface area contributed by atoms with E-state index in [1.54, 1.807) is 0 Å². The third-order valence-electron chi connectivity index (χ3n) is 2.35. The maximum atomic E-state index is 5.53. The minimum atomic E-state index is 0.621. The van der Waals surface area contributed by atoms with E-state index in [1.807, 2.05) is 19.4 Å². The summed E-state index contributed by atoms with van der Waals surface area (Å²) in [7, 11) is 0. The number of nitrogens with two attached hydrogens (primary N) is 1. The highest BCUT2D eigenvalue weighted by Crippen LogP contribution is 2.35. The van der Waals surface area contributed by atoms with Crippen molar-refractivity contribution in [3.63, 3.8) is 0 Å².